The van der Waals surface area contributed by atoms with Gasteiger partial charge in [0.05, 0.1) is 61.0 Å². The van der Waals surface area contributed by atoms with Crippen molar-refractivity contribution in [2.24, 2.45) is 0 Å². The predicted octanol–water partition coefficient (Wildman–Crippen LogP) is 10.7. The van der Waals surface area contributed by atoms with Crippen molar-refractivity contribution in [3.05, 3.63) is 162 Å². The molecule has 0 radical (unpaired) electrons. The highest BCUT2D eigenvalue weighted by molar-refractivity contribution is 7.13. The molecule has 0 fully saturated rings. The fourth-order valence-electron chi connectivity index (χ4n) is 8.53. The van der Waals surface area contributed by atoms with Crippen LogP contribution >= 0.6 is 45.9 Å². The zero-order valence-electron chi connectivity index (χ0n) is 43.0. The number of aromatic nitrogens is 10. The van der Waals surface area contributed by atoms with Gasteiger partial charge in [0.1, 0.15) is 47.5 Å². The van der Waals surface area contributed by atoms with Crippen molar-refractivity contribution in [1.29, 1.82) is 0 Å². The second kappa shape index (κ2) is 24.7. The number of carbonyl (C=O) groups is 2. The minimum atomic E-state index is -1.26. The predicted molar refractivity (Wildman–Crippen MR) is 289 cm³/mol. The fourth-order valence-corrected chi connectivity index (χ4v) is 10.1. The van der Waals surface area contributed by atoms with Crippen LogP contribution in [0.2, 0.25) is 10.0 Å². The standard InChI is InChI=1S/C54H42Cl2F4N10O9S2/c1-73-13-11-69-41-19-29(17-37(59)49(41)63-43(69)21-27-15-35(57)31(23-33(27)55)39-7-5-9-45(61-39)77-25-47-65-67-53(75-3)80-47)51(71)79-52(72)30-18-38(60)50-42(20-30)70(12-14-74-2)44(64-50)22-28-16-36(58)32(24-34(28)56)40-8-6-10-46(62-40)78-26-48-66-68-54(76-4)81-48/h5-10,15-20,23-24H,11-14,21-22,25-26H2,1-4H3. The molecule has 0 saturated heterocycles. The molecule has 81 heavy (non-hydrogen) atoms. The molecule has 0 unspecified atom stereocenters. The van der Waals surface area contributed by atoms with E-state index in [1.807, 2.05) is 0 Å². The van der Waals surface area contributed by atoms with Gasteiger partial charge in [-0.05, 0) is 71.8 Å². The second-order valence-electron chi connectivity index (χ2n) is 17.5. The molecule has 0 amide bonds. The SMILES string of the molecule is COCCn1c(Cc2cc(F)c(-c3cccc(OCc4nnc(OC)s4)n3)cc2Cl)nc2c(F)cc(C(=O)OC(=O)c3cc(F)c4nc(Cc5cc(F)c(-c6cccc(OCc7nnc(OC)s7)n6)cc5Cl)n(CCOC)c4c3)cc21. The molecule has 4 aromatic carbocycles. The van der Waals surface area contributed by atoms with E-state index in [0.29, 0.717) is 31.5 Å². The number of nitrogens with zero attached hydrogens (tertiary/aromatic N) is 10. The van der Waals surface area contributed by atoms with Gasteiger partial charge in [0.15, 0.2) is 21.6 Å². The van der Waals surface area contributed by atoms with Gasteiger partial charge in [0.2, 0.25) is 11.8 Å². The summed E-state index contributed by atoms with van der Waals surface area (Å²) in [5.41, 5.74) is 0.456. The number of carbonyl (C=O) groups excluding carboxylic acids is 2. The van der Waals surface area contributed by atoms with Crippen LogP contribution in [0.25, 0.3) is 44.6 Å². The number of halogens is 6. The molecule has 0 aliphatic carbocycles. The summed E-state index contributed by atoms with van der Waals surface area (Å²) in [5, 5.41) is 17.9. The second-order valence-corrected chi connectivity index (χ2v) is 20.4. The maximum absolute atomic E-state index is 16.1. The highest BCUT2D eigenvalue weighted by Gasteiger charge is 2.26. The Hall–Kier alpha value is -8.20. The van der Waals surface area contributed by atoms with Crippen LogP contribution < -0.4 is 18.9 Å². The third-order valence-electron chi connectivity index (χ3n) is 12.4. The van der Waals surface area contributed by atoms with Crippen LogP contribution in [-0.2, 0) is 53.4 Å². The minimum Gasteiger partial charge on any atom is -0.472 e. The average Bonchev–Trinajstić information content (AvgIpc) is 4.46. The van der Waals surface area contributed by atoms with Crippen molar-refractivity contribution in [1.82, 2.24) is 49.5 Å². The molecule has 0 atom stereocenters. The van der Waals surface area contributed by atoms with Crippen LogP contribution in [0.4, 0.5) is 17.6 Å². The Morgan fingerprint density at radius 2 is 0.975 bits per heavy atom. The normalized spacial score (nSPS) is 11.4. The van der Waals surface area contributed by atoms with Gasteiger partial charge in [-0.3, -0.25) is 0 Å². The Balaban J connectivity index is 0.864. The van der Waals surface area contributed by atoms with Crippen LogP contribution in [0.1, 0.15) is 53.5 Å². The molecule has 0 N–H and O–H groups in total. The van der Waals surface area contributed by atoms with E-state index < -0.39 is 35.2 Å². The van der Waals surface area contributed by atoms with Gasteiger partial charge in [-0.15, -0.1) is 10.2 Å². The van der Waals surface area contributed by atoms with Crippen LogP contribution in [0, 0.1) is 23.3 Å². The van der Waals surface area contributed by atoms with Crippen LogP contribution in [0.5, 0.6) is 22.1 Å². The molecular formula is C54H42Cl2F4N10O9S2. The van der Waals surface area contributed by atoms with E-state index in [1.54, 1.807) is 45.5 Å². The molecule has 6 aromatic heterocycles. The Morgan fingerprint density at radius 3 is 1.37 bits per heavy atom. The summed E-state index contributed by atoms with van der Waals surface area (Å²) >= 11 is 16.0. The molecule has 10 aromatic rings. The van der Waals surface area contributed by atoms with Crippen molar-refractivity contribution in [2.45, 2.75) is 39.1 Å². The van der Waals surface area contributed by atoms with E-state index >= 15 is 17.6 Å². The van der Waals surface area contributed by atoms with Gasteiger partial charge in [-0.25, -0.2) is 47.1 Å². The van der Waals surface area contributed by atoms with Crippen LogP contribution in [-0.4, -0.2) is 103 Å². The number of ether oxygens (including phenoxy) is 7. The molecule has 27 heteroatoms. The van der Waals surface area contributed by atoms with E-state index in [2.05, 4.69) is 40.3 Å². The number of fused-ring (bicyclic) bond motifs is 2. The summed E-state index contributed by atoms with van der Waals surface area (Å²) in [6, 6.07) is 19.3. The number of hydrogen-bond donors (Lipinski definition) is 0. The molecule has 0 aliphatic rings. The third kappa shape index (κ3) is 12.4. The molecule has 0 saturated carbocycles. The lowest BCUT2D eigenvalue weighted by Gasteiger charge is -2.12. The number of methoxy groups -OCH3 is 4. The quantitative estimate of drug-likeness (QED) is 0.0351. The van der Waals surface area contributed by atoms with Crippen LogP contribution in [0.15, 0.2) is 84.9 Å². The van der Waals surface area contributed by atoms with Crippen molar-refractivity contribution in [3.8, 4) is 44.7 Å². The number of hydrogen-bond acceptors (Lipinski definition) is 19. The average molecular weight is 1190 g/mol. The molecule has 0 spiro atoms. The number of rotatable bonds is 22. The van der Waals surface area contributed by atoms with Gasteiger partial charge in [0, 0.05) is 73.5 Å². The minimum absolute atomic E-state index is 0.0521. The van der Waals surface area contributed by atoms with E-state index in [9.17, 15) is 9.59 Å². The van der Waals surface area contributed by atoms with E-state index in [0.717, 1.165) is 12.1 Å². The first-order valence-electron chi connectivity index (χ1n) is 24.2. The molecule has 10 rings (SSSR count). The van der Waals surface area contributed by atoms with Gasteiger partial charge in [-0.1, -0.05) is 68.2 Å². The molecule has 19 nitrogen and oxygen atoms in total. The largest absolute Gasteiger partial charge is 0.472 e. The monoisotopic (exact) mass is 1180 g/mol. The lowest BCUT2D eigenvalue weighted by atomic mass is 10.0. The summed E-state index contributed by atoms with van der Waals surface area (Å²) in [4.78, 5) is 45.4. The molecular weight excluding hydrogens is 1140 g/mol. The third-order valence-corrected chi connectivity index (χ3v) is 14.8. The van der Waals surface area contributed by atoms with Gasteiger partial charge < -0.3 is 42.3 Å². The lowest BCUT2D eigenvalue weighted by molar-refractivity contribution is 0.0397. The zero-order valence-corrected chi connectivity index (χ0v) is 46.1. The highest BCUT2D eigenvalue weighted by Crippen LogP contribution is 2.35. The van der Waals surface area contributed by atoms with Crippen molar-refractivity contribution < 1.29 is 60.3 Å². The molecule has 0 aliphatic heterocycles. The smallest absolute Gasteiger partial charge is 0.346 e. The zero-order chi connectivity index (χ0) is 56.9. The summed E-state index contributed by atoms with van der Waals surface area (Å²) in [7, 11) is 5.87. The Bertz CT molecular complexity index is 3760. The van der Waals surface area contributed by atoms with Crippen LogP contribution in [0.3, 0.4) is 0 Å². The lowest BCUT2D eigenvalue weighted by Crippen LogP contribution is -2.14. The number of esters is 2. The Morgan fingerprint density at radius 1 is 0.543 bits per heavy atom. The van der Waals surface area contributed by atoms with Gasteiger partial charge >= 0.3 is 11.9 Å². The first-order valence-corrected chi connectivity index (χ1v) is 26.6. The highest BCUT2D eigenvalue weighted by atomic mass is 35.5. The van der Waals surface area contributed by atoms with E-state index in [1.165, 1.54) is 87.5 Å². The number of imidazole rings is 2. The summed E-state index contributed by atoms with van der Waals surface area (Å²) in [5.74, 6) is -4.84. The summed E-state index contributed by atoms with van der Waals surface area (Å²) in [6.07, 6.45) is -0.176. The maximum Gasteiger partial charge on any atom is 0.346 e. The van der Waals surface area contributed by atoms with Crippen molar-refractivity contribution in [2.75, 3.05) is 41.7 Å². The molecule has 0 bridgehead atoms. The Kier molecular flexibility index (Phi) is 17.1. The first-order chi connectivity index (χ1) is 39.2. The first kappa shape index (κ1) is 56.1. The number of benzene rings is 4. The van der Waals surface area contributed by atoms with Crippen molar-refractivity contribution in [3.63, 3.8) is 0 Å². The van der Waals surface area contributed by atoms with Gasteiger partial charge in [-0.2, -0.15) is 0 Å². The maximum atomic E-state index is 16.1. The Labute approximate surface area is 475 Å². The molecule has 6 heterocycles. The van der Waals surface area contributed by atoms with Gasteiger partial charge in [0.25, 0.3) is 10.4 Å². The van der Waals surface area contributed by atoms with E-state index in [-0.39, 0.29) is 142 Å². The number of pyridine rings is 2. The molecule has 416 valence electrons. The summed E-state index contributed by atoms with van der Waals surface area (Å²) in [6.45, 7) is 0.551. The topological polar surface area (TPSA) is 212 Å². The van der Waals surface area contributed by atoms with Crippen molar-refractivity contribution >= 4 is 79.9 Å². The van der Waals surface area contributed by atoms with E-state index in [4.69, 9.17) is 56.4 Å². The fraction of sp³-hybridized carbons (Fsp3) is 0.222. The summed E-state index contributed by atoms with van der Waals surface area (Å²) < 4.78 is 105.